The van der Waals surface area contributed by atoms with Crippen molar-refractivity contribution in [2.75, 3.05) is 25.6 Å². The summed E-state index contributed by atoms with van der Waals surface area (Å²) in [5.41, 5.74) is 1.55. The number of alkyl halides is 3. The zero-order valence-electron chi connectivity index (χ0n) is 19.4. The van der Waals surface area contributed by atoms with Gasteiger partial charge in [0.2, 0.25) is 0 Å². The van der Waals surface area contributed by atoms with E-state index in [1.807, 2.05) is 0 Å². The van der Waals surface area contributed by atoms with Gasteiger partial charge in [-0.15, -0.1) is 0 Å². The number of nitrogens with one attached hydrogen (secondary N) is 2. The SMILES string of the molecule is COCCOC(=O)c1c(C)[nH]c(C(=O)Nc2cc(C(F)(F)F)ccc2-n2nc(C)cc2C)c1C. The number of carbonyl (C=O) groups is 2. The molecular weight excluding hydrogens is 453 g/mol. The Kier molecular flexibility index (Phi) is 7.15. The van der Waals surface area contributed by atoms with Crippen LogP contribution >= 0.6 is 0 Å². The summed E-state index contributed by atoms with van der Waals surface area (Å²) in [4.78, 5) is 28.4. The number of halogens is 3. The molecule has 0 spiro atoms. The van der Waals surface area contributed by atoms with Crippen LogP contribution in [0.1, 0.15) is 49.1 Å². The van der Waals surface area contributed by atoms with Gasteiger partial charge in [-0.05, 0) is 57.5 Å². The van der Waals surface area contributed by atoms with Crippen LogP contribution in [0.15, 0.2) is 24.3 Å². The third-order valence-electron chi connectivity index (χ3n) is 5.20. The smallest absolute Gasteiger partial charge is 0.416 e. The second-order valence-corrected chi connectivity index (χ2v) is 7.78. The molecule has 1 aromatic carbocycles. The van der Waals surface area contributed by atoms with Crippen LogP contribution in [0.25, 0.3) is 5.69 Å². The van der Waals surface area contributed by atoms with Crippen LogP contribution < -0.4 is 5.32 Å². The average Bonchev–Trinajstić information content (AvgIpc) is 3.24. The van der Waals surface area contributed by atoms with Crippen molar-refractivity contribution in [3.8, 4) is 5.69 Å². The molecule has 2 heterocycles. The molecule has 182 valence electrons. The number of esters is 1. The van der Waals surface area contributed by atoms with Crippen molar-refractivity contribution < 1.29 is 32.2 Å². The maximum absolute atomic E-state index is 13.4. The van der Waals surface area contributed by atoms with Crippen LogP contribution in [0.3, 0.4) is 0 Å². The third-order valence-corrected chi connectivity index (χ3v) is 5.20. The number of anilines is 1. The van der Waals surface area contributed by atoms with E-state index in [0.717, 1.165) is 12.1 Å². The molecule has 3 rings (SSSR count). The monoisotopic (exact) mass is 478 g/mol. The number of amides is 1. The van der Waals surface area contributed by atoms with E-state index in [1.165, 1.54) is 17.9 Å². The molecule has 1 amide bonds. The molecule has 11 heteroatoms. The highest BCUT2D eigenvalue weighted by molar-refractivity contribution is 6.07. The first kappa shape index (κ1) is 25.0. The molecule has 0 aliphatic carbocycles. The van der Waals surface area contributed by atoms with Gasteiger partial charge in [-0.2, -0.15) is 18.3 Å². The molecule has 2 aromatic heterocycles. The van der Waals surface area contributed by atoms with Crippen LogP contribution in [0.2, 0.25) is 0 Å². The van der Waals surface area contributed by atoms with Crippen molar-refractivity contribution >= 4 is 17.6 Å². The lowest BCUT2D eigenvalue weighted by atomic mass is 10.1. The fourth-order valence-corrected chi connectivity index (χ4v) is 3.63. The number of carbonyl (C=O) groups excluding carboxylic acids is 2. The Morgan fingerprint density at radius 2 is 1.82 bits per heavy atom. The molecule has 8 nitrogen and oxygen atoms in total. The highest BCUT2D eigenvalue weighted by Gasteiger charge is 2.32. The molecule has 0 bridgehead atoms. The van der Waals surface area contributed by atoms with E-state index in [0.29, 0.717) is 22.6 Å². The molecule has 0 radical (unpaired) electrons. The molecule has 3 aromatic rings. The second-order valence-electron chi connectivity index (χ2n) is 7.78. The molecule has 0 aliphatic heterocycles. The molecule has 0 fully saturated rings. The fourth-order valence-electron chi connectivity index (χ4n) is 3.63. The van der Waals surface area contributed by atoms with Gasteiger partial charge in [0.25, 0.3) is 5.91 Å². The number of ether oxygens (including phenoxy) is 2. The molecule has 0 saturated carbocycles. The first-order valence-electron chi connectivity index (χ1n) is 10.4. The second kappa shape index (κ2) is 9.72. The maximum Gasteiger partial charge on any atom is 0.416 e. The minimum Gasteiger partial charge on any atom is -0.460 e. The van der Waals surface area contributed by atoms with Gasteiger partial charge in [-0.3, -0.25) is 4.79 Å². The lowest BCUT2D eigenvalue weighted by Crippen LogP contribution is -2.17. The number of benzene rings is 1. The Balaban J connectivity index is 1.99. The van der Waals surface area contributed by atoms with Gasteiger partial charge < -0.3 is 19.8 Å². The Labute approximate surface area is 194 Å². The fraction of sp³-hybridized carbons (Fsp3) is 0.348. The van der Waals surface area contributed by atoms with E-state index in [1.54, 1.807) is 33.8 Å². The van der Waals surface area contributed by atoms with E-state index in [4.69, 9.17) is 9.47 Å². The van der Waals surface area contributed by atoms with Gasteiger partial charge in [-0.25, -0.2) is 9.48 Å². The number of methoxy groups -OCH3 is 1. The Morgan fingerprint density at radius 3 is 2.41 bits per heavy atom. The minimum absolute atomic E-state index is 0.0351. The Bertz CT molecular complexity index is 1230. The molecule has 0 atom stereocenters. The van der Waals surface area contributed by atoms with Gasteiger partial charge >= 0.3 is 12.1 Å². The van der Waals surface area contributed by atoms with E-state index < -0.39 is 23.6 Å². The lowest BCUT2D eigenvalue weighted by Gasteiger charge is -2.15. The number of hydrogen-bond acceptors (Lipinski definition) is 5. The molecular formula is C23H25F3N4O4. The van der Waals surface area contributed by atoms with Gasteiger partial charge in [0.1, 0.15) is 12.3 Å². The summed E-state index contributed by atoms with van der Waals surface area (Å²) in [7, 11) is 1.47. The summed E-state index contributed by atoms with van der Waals surface area (Å²) in [5, 5.41) is 6.86. The number of nitrogens with zero attached hydrogens (tertiary/aromatic N) is 2. The predicted octanol–water partition coefficient (Wildman–Crippen LogP) is 4.51. The van der Waals surface area contributed by atoms with E-state index in [-0.39, 0.29) is 35.8 Å². The van der Waals surface area contributed by atoms with Crippen LogP contribution in [0, 0.1) is 27.7 Å². The van der Waals surface area contributed by atoms with Gasteiger partial charge in [0.15, 0.2) is 0 Å². The third kappa shape index (κ3) is 5.14. The summed E-state index contributed by atoms with van der Waals surface area (Å²) < 4.78 is 51.6. The lowest BCUT2D eigenvalue weighted by molar-refractivity contribution is -0.137. The van der Waals surface area contributed by atoms with E-state index in [9.17, 15) is 22.8 Å². The maximum atomic E-state index is 13.4. The van der Waals surface area contributed by atoms with Gasteiger partial charge in [0.05, 0.1) is 34.8 Å². The topological polar surface area (TPSA) is 98.2 Å². The van der Waals surface area contributed by atoms with Crippen LogP contribution in [0.5, 0.6) is 0 Å². The number of H-pyrrole nitrogens is 1. The number of aryl methyl sites for hydroxylation is 3. The number of aromatic nitrogens is 3. The molecule has 0 saturated heterocycles. The van der Waals surface area contributed by atoms with E-state index in [2.05, 4.69) is 15.4 Å². The number of hydrogen-bond donors (Lipinski definition) is 2. The largest absolute Gasteiger partial charge is 0.460 e. The first-order chi connectivity index (χ1) is 15.9. The summed E-state index contributed by atoms with van der Waals surface area (Å²) in [5.74, 6) is -1.34. The average molecular weight is 478 g/mol. The summed E-state index contributed by atoms with van der Waals surface area (Å²) in [6.07, 6.45) is -4.61. The zero-order valence-corrected chi connectivity index (χ0v) is 19.4. The molecule has 34 heavy (non-hydrogen) atoms. The van der Waals surface area contributed by atoms with E-state index >= 15 is 0 Å². The Hall–Kier alpha value is -3.60. The summed E-state index contributed by atoms with van der Waals surface area (Å²) >= 11 is 0. The quantitative estimate of drug-likeness (QED) is 0.385. The van der Waals surface area contributed by atoms with Gasteiger partial charge in [0, 0.05) is 18.5 Å². The van der Waals surface area contributed by atoms with Crippen molar-refractivity contribution in [2.45, 2.75) is 33.9 Å². The summed E-state index contributed by atoms with van der Waals surface area (Å²) in [6, 6.07) is 4.81. The van der Waals surface area contributed by atoms with Crippen molar-refractivity contribution in [2.24, 2.45) is 0 Å². The van der Waals surface area contributed by atoms with Crippen molar-refractivity contribution in [3.63, 3.8) is 0 Å². The standard InChI is InChI=1S/C23H25F3N4O4/c1-12-10-13(2)30(29-12)18-7-6-16(23(24,25)26)11-17(18)28-21(31)20-14(3)19(15(4)27-20)22(32)34-9-8-33-5/h6-7,10-11,27H,8-9H2,1-5H3,(H,28,31). The first-order valence-corrected chi connectivity index (χ1v) is 10.4. The van der Waals surface area contributed by atoms with Crippen molar-refractivity contribution in [3.05, 3.63) is 63.7 Å². The predicted molar refractivity (Wildman–Crippen MR) is 118 cm³/mol. The molecule has 0 unspecified atom stereocenters. The van der Waals surface area contributed by atoms with Crippen LogP contribution in [-0.4, -0.2) is 47.0 Å². The molecule has 0 aliphatic rings. The molecule has 2 N–H and O–H groups in total. The Morgan fingerprint density at radius 1 is 1.12 bits per heavy atom. The highest BCUT2D eigenvalue weighted by Crippen LogP contribution is 2.34. The number of aromatic amines is 1. The highest BCUT2D eigenvalue weighted by atomic mass is 19.4. The minimum atomic E-state index is -4.61. The van der Waals surface area contributed by atoms with Crippen LogP contribution in [-0.2, 0) is 15.7 Å². The number of rotatable bonds is 7. The van der Waals surface area contributed by atoms with Crippen molar-refractivity contribution in [1.82, 2.24) is 14.8 Å². The van der Waals surface area contributed by atoms with Crippen LogP contribution in [0.4, 0.5) is 18.9 Å². The zero-order chi connectivity index (χ0) is 25.2. The van der Waals surface area contributed by atoms with Crippen molar-refractivity contribution in [1.29, 1.82) is 0 Å². The summed E-state index contributed by atoms with van der Waals surface area (Å²) in [6.45, 7) is 6.92. The van der Waals surface area contributed by atoms with Gasteiger partial charge in [-0.1, -0.05) is 0 Å². The normalized spacial score (nSPS) is 11.5.